The van der Waals surface area contributed by atoms with Gasteiger partial charge in [-0.25, -0.2) is 4.39 Å². The van der Waals surface area contributed by atoms with Crippen LogP contribution in [0.3, 0.4) is 0 Å². The lowest BCUT2D eigenvalue weighted by molar-refractivity contribution is 0.0908. The third-order valence-corrected chi connectivity index (χ3v) is 4.93. The normalized spacial score (nSPS) is 11.6. The highest BCUT2D eigenvalue weighted by atomic mass is 19.1. The number of ether oxygens (including phenoxy) is 1. The molecule has 1 heterocycles. The third kappa shape index (κ3) is 4.44. The van der Waals surface area contributed by atoms with E-state index in [4.69, 9.17) is 9.26 Å². The number of nitrogens with zero attached hydrogens (tertiary/aromatic N) is 3. The smallest absolute Gasteiger partial charge is 0.259 e. The van der Waals surface area contributed by atoms with Crippen molar-refractivity contribution in [2.24, 2.45) is 0 Å². The Morgan fingerprint density at radius 2 is 2.00 bits per heavy atom. The fraction of sp³-hybridized carbons (Fsp3) is 0.500. The number of nitrogens with one attached hydrogen (secondary N) is 1. The number of methoxy groups -OCH3 is 1. The molecule has 1 aromatic carbocycles. The Kier molecular flexibility index (Phi) is 6.66. The molecule has 1 N–H and O–H groups in total. The zero-order valence-corrected chi connectivity index (χ0v) is 17.6. The van der Waals surface area contributed by atoms with Crippen LogP contribution in [0, 0.1) is 5.82 Å². The molecule has 0 unspecified atom stereocenters. The summed E-state index contributed by atoms with van der Waals surface area (Å²) in [5.41, 5.74) is 0.585. The zero-order chi connectivity index (χ0) is 21.1. The highest BCUT2D eigenvalue weighted by molar-refractivity contribution is 6.04. The van der Waals surface area contributed by atoms with Gasteiger partial charge in [0.15, 0.2) is 23.1 Å². The van der Waals surface area contributed by atoms with Gasteiger partial charge in [0.2, 0.25) is 0 Å². The number of carbonyl (C=O) groups excluding carboxylic acids is 1. The molecule has 0 aliphatic carbocycles. The summed E-state index contributed by atoms with van der Waals surface area (Å²) >= 11 is 0. The molecule has 8 heteroatoms. The molecule has 2 aromatic rings. The van der Waals surface area contributed by atoms with Crippen LogP contribution in [-0.2, 0) is 0 Å². The minimum Gasteiger partial charge on any atom is -0.494 e. The minimum absolute atomic E-state index is 0.0670. The van der Waals surface area contributed by atoms with Crippen molar-refractivity contribution in [3.8, 4) is 17.1 Å². The zero-order valence-electron chi connectivity index (χ0n) is 17.6. The monoisotopic (exact) mass is 392 g/mol. The van der Waals surface area contributed by atoms with Crippen LogP contribution in [0.5, 0.6) is 5.75 Å². The molecule has 0 aliphatic rings. The van der Waals surface area contributed by atoms with Crippen molar-refractivity contribution in [1.82, 2.24) is 15.4 Å². The van der Waals surface area contributed by atoms with Gasteiger partial charge >= 0.3 is 0 Å². The fourth-order valence-electron chi connectivity index (χ4n) is 2.74. The Labute approximate surface area is 165 Å². The lowest BCUT2D eigenvalue weighted by Gasteiger charge is -2.35. The van der Waals surface area contributed by atoms with Crippen LogP contribution >= 0.6 is 0 Å². The minimum atomic E-state index is -0.492. The lowest BCUT2D eigenvalue weighted by Crippen LogP contribution is -2.49. The first-order valence-corrected chi connectivity index (χ1v) is 9.12. The molecule has 0 fully saturated rings. The molecule has 28 heavy (non-hydrogen) atoms. The Morgan fingerprint density at radius 1 is 1.32 bits per heavy atom. The van der Waals surface area contributed by atoms with Crippen molar-refractivity contribution in [2.45, 2.75) is 26.3 Å². The number of benzene rings is 1. The summed E-state index contributed by atoms with van der Waals surface area (Å²) in [4.78, 5) is 16.9. The number of hydrogen-bond acceptors (Lipinski definition) is 6. The lowest BCUT2D eigenvalue weighted by atomic mass is 10.0. The highest BCUT2D eigenvalue weighted by Crippen LogP contribution is 2.33. The van der Waals surface area contributed by atoms with Crippen molar-refractivity contribution in [1.29, 1.82) is 0 Å². The number of anilines is 1. The number of aromatic nitrogens is 1. The standard InChI is InChI=1S/C20H29FN4O3/c1-8-25(6)20(2,3)12-22-19(26)16-17(28-23-18(16)24(4)5)13-9-10-14(21)15(11-13)27-7/h9-11H,8,12H2,1-7H3,(H,22,26). The number of likely N-dealkylation sites (N-methyl/N-ethyl adjacent to an activating group) is 1. The van der Waals surface area contributed by atoms with Gasteiger partial charge in [-0.1, -0.05) is 12.1 Å². The van der Waals surface area contributed by atoms with Gasteiger partial charge in [0.25, 0.3) is 5.91 Å². The van der Waals surface area contributed by atoms with Gasteiger partial charge in [0.05, 0.1) is 7.11 Å². The Hall–Kier alpha value is -2.61. The van der Waals surface area contributed by atoms with E-state index in [-0.39, 0.29) is 23.0 Å². The molecule has 0 spiro atoms. The summed E-state index contributed by atoms with van der Waals surface area (Å²) in [7, 11) is 6.94. The van der Waals surface area contributed by atoms with Gasteiger partial charge in [-0.2, -0.15) is 0 Å². The van der Waals surface area contributed by atoms with Crippen molar-refractivity contribution >= 4 is 11.7 Å². The second-order valence-electron chi connectivity index (χ2n) is 7.46. The van der Waals surface area contributed by atoms with E-state index in [0.29, 0.717) is 23.5 Å². The first-order valence-electron chi connectivity index (χ1n) is 9.12. The Morgan fingerprint density at radius 3 is 2.57 bits per heavy atom. The maximum Gasteiger partial charge on any atom is 0.259 e. The van der Waals surface area contributed by atoms with E-state index in [1.807, 2.05) is 7.05 Å². The second kappa shape index (κ2) is 8.60. The number of halogens is 1. The van der Waals surface area contributed by atoms with Gasteiger partial charge in [-0.3, -0.25) is 9.69 Å². The Bertz CT molecular complexity index is 833. The second-order valence-corrected chi connectivity index (χ2v) is 7.46. The molecule has 1 amide bonds. The molecule has 0 aliphatic heterocycles. The van der Waals surface area contributed by atoms with Gasteiger partial charge in [0, 0.05) is 31.7 Å². The van der Waals surface area contributed by atoms with E-state index in [9.17, 15) is 9.18 Å². The molecule has 0 saturated heterocycles. The number of amides is 1. The molecule has 0 saturated carbocycles. The molecule has 7 nitrogen and oxygen atoms in total. The predicted octanol–water partition coefficient (Wildman–Crippen LogP) is 3.02. The number of rotatable bonds is 8. The third-order valence-electron chi connectivity index (χ3n) is 4.93. The van der Waals surface area contributed by atoms with Crippen LogP contribution in [0.4, 0.5) is 10.2 Å². The van der Waals surface area contributed by atoms with E-state index < -0.39 is 5.82 Å². The fourth-order valence-corrected chi connectivity index (χ4v) is 2.74. The summed E-state index contributed by atoms with van der Waals surface area (Å²) in [5.74, 6) is -0.0641. The SMILES string of the molecule is CCN(C)C(C)(C)CNC(=O)c1c(N(C)C)noc1-c1ccc(F)c(OC)c1. The molecule has 0 radical (unpaired) electrons. The van der Waals surface area contributed by atoms with E-state index >= 15 is 0 Å². The topological polar surface area (TPSA) is 70.8 Å². The summed E-state index contributed by atoms with van der Waals surface area (Å²) in [6.45, 7) is 7.49. The largest absolute Gasteiger partial charge is 0.494 e. The van der Waals surface area contributed by atoms with Gasteiger partial charge in [0.1, 0.15) is 5.56 Å². The van der Waals surface area contributed by atoms with Crippen LogP contribution in [0.1, 0.15) is 31.1 Å². The van der Waals surface area contributed by atoms with E-state index in [1.165, 1.54) is 25.3 Å². The quantitative estimate of drug-likeness (QED) is 0.745. The maximum atomic E-state index is 13.8. The molecular formula is C20H29FN4O3. The number of hydrogen-bond donors (Lipinski definition) is 1. The summed E-state index contributed by atoms with van der Waals surface area (Å²) in [6, 6.07) is 4.29. The van der Waals surface area contributed by atoms with E-state index in [2.05, 4.69) is 36.1 Å². The average Bonchev–Trinajstić information content (AvgIpc) is 3.11. The van der Waals surface area contributed by atoms with Crippen LogP contribution in [0.15, 0.2) is 22.7 Å². The molecule has 2 rings (SSSR count). The van der Waals surface area contributed by atoms with Crippen molar-refractivity contribution in [2.75, 3.05) is 46.2 Å². The molecule has 1 aromatic heterocycles. The average molecular weight is 392 g/mol. The van der Waals surface area contributed by atoms with Crippen molar-refractivity contribution in [3.05, 3.63) is 29.6 Å². The van der Waals surface area contributed by atoms with Gasteiger partial charge in [-0.15, -0.1) is 0 Å². The summed E-state index contributed by atoms with van der Waals surface area (Å²) in [6.07, 6.45) is 0. The molecule has 0 atom stereocenters. The van der Waals surface area contributed by atoms with Crippen molar-refractivity contribution < 1.29 is 18.4 Å². The van der Waals surface area contributed by atoms with E-state index in [0.717, 1.165) is 6.54 Å². The number of carbonyl (C=O) groups is 1. The van der Waals surface area contributed by atoms with Crippen molar-refractivity contribution in [3.63, 3.8) is 0 Å². The van der Waals surface area contributed by atoms with Crippen LogP contribution in [-0.4, -0.2) is 62.8 Å². The first kappa shape index (κ1) is 21.7. The van der Waals surface area contributed by atoms with Crippen LogP contribution in [0.25, 0.3) is 11.3 Å². The van der Waals surface area contributed by atoms with Gasteiger partial charge < -0.3 is 19.5 Å². The van der Waals surface area contributed by atoms with Crippen LogP contribution < -0.4 is 15.0 Å². The predicted molar refractivity (Wildman–Crippen MR) is 107 cm³/mol. The molecule has 154 valence electrons. The van der Waals surface area contributed by atoms with Gasteiger partial charge in [-0.05, 0) is 45.6 Å². The van der Waals surface area contributed by atoms with Crippen LogP contribution in [0.2, 0.25) is 0 Å². The summed E-state index contributed by atoms with van der Waals surface area (Å²) in [5, 5.41) is 7.01. The summed E-state index contributed by atoms with van der Waals surface area (Å²) < 4.78 is 24.3. The van der Waals surface area contributed by atoms with E-state index in [1.54, 1.807) is 19.0 Å². The first-order chi connectivity index (χ1) is 13.1. The Balaban J connectivity index is 2.40. The molecular weight excluding hydrogens is 363 g/mol. The molecule has 0 bridgehead atoms. The maximum absolute atomic E-state index is 13.8. The highest BCUT2D eigenvalue weighted by Gasteiger charge is 2.29.